The Bertz CT molecular complexity index is 907. The summed E-state index contributed by atoms with van der Waals surface area (Å²) in [7, 11) is 0. The molecule has 1 saturated heterocycles. The fraction of sp³-hybridized carbons (Fsp3) is 0.476. The highest BCUT2D eigenvalue weighted by Crippen LogP contribution is 2.35. The normalized spacial score (nSPS) is 17.7. The largest absolute Gasteiger partial charge is 0.461 e. The summed E-state index contributed by atoms with van der Waals surface area (Å²) >= 11 is 0. The molecule has 2 aliphatic rings. The summed E-state index contributed by atoms with van der Waals surface area (Å²) in [6.07, 6.45) is 2.49. The van der Waals surface area contributed by atoms with E-state index in [2.05, 4.69) is 33.6 Å². The Hall–Kier alpha value is -2.70. The van der Waals surface area contributed by atoms with Crippen molar-refractivity contribution in [1.29, 1.82) is 0 Å². The van der Waals surface area contributed by atoms with E-state index in [1.807, 2.05) is 12.1 Å². The van der Waals surface area contributed by atoms with E-state index in [9.17, 15) is 9.18 Å². The first-order chi connectivity index (χ1) is 13.3. The Morgan fingerprint density at radius 2 is 2.00 bits per heavy atom. The average molecular weight is 384 g/mol. The summed E-state index contributed by atoms with van der Waals surface area (Å²) in [4.78, 5) is 24.4. The molecule has 0 atom stereocenters. The fourth-order valence-corrected chi connectivity index (χ4v) is 3.94. The van der Waals surface area contributed by atoms with E-state index in [4.69, 9.17) is 4.74 Å². The fourth-order valence-electron chi connectivity index (χ4n) is 3.94. The molecule has 2 aromatic rings. The Labute approximate surface area is 164 Å². The third kappa shape index (κ3) is 3.66. The molecule has 0 aliphatic carbocycles. The van der Waals surface area contributed by atoms with Gasteiger partial charge in [0.25, 0.3) is 0 Å². The number of anilines is 2. The van der Waals surface area contributed by atoms with Crippen LogP contribution in [-0.2, 0) is 17.7 Å². The lowest BCUT2D eigenvalue weighted by atomic mass is 9.84. The zero-order valence-corrected chi connectivity index (χ0v) is 16.5. The van der Waals surface area contributed by atoms with E-state index >= 15 is 0 Å². The number of rotatable bonds is 4. The molecule has 0 spiro atoms. The molecule has 0 unspecified atom stereocenters. The van der Waals surface area contributed by atoms with E-state index in [0.717, 1.165) is 42.9 Å². The van der Waals surface area contributed by atoms with Crippen molar-refractivity contribution in [3.8, 4) is 0 Å². The van der Waals surface area contributed by atoms with Crippen LogP contribution in [0, 0.1) is 11.4 Å². The molecular weight excluding hydrogens is 359 g/mol. The SMILES string of the molecule is CCOC(=O)c1cc2c(cn1)CN(c1cc(F)nc(N3CC(C)(C)C3)c1)CC2. The number of pyridine rings is 2. The highest BCUT2D eigenvalue weighted by atomic mass is 19.1. The maximum atomic E-state index is 14.2. The molecule has 0 N–H and O–H groups in total. The van der Waals surface area contributed by atoms with Crippen molar-refractivity contribution in [2.75, 3.05) is 36.0 Å². The van der Waals surface area contributed by atoms with Crippen LogP contribution in [0.15, 0.2) is 24.4 Å². The molecule has 0 aromatic carbocycles. The molecule has 2 aromatic heterocycles. The summed E-state index contributed by atoms with van der Waals surface area (Å²) in [5, 5.41) is 0. The van der Waals surface area contributed by atoms with Gasteiger partial charge in [-0.15, -0.1) is 0 Å². The van der Waals surface area contributed by atoms with Gasteiger partial charge >= 0.3 is 5.97 Å². The molecule has 6 nitrogen and oxygen atoms in total. The number of nitrogens with zero attached hydrogens (tertiary/aromatic N) is 4. The maximum absolute atomic E-state index is 14.2. The molecule has 4 rings (SSSR count). The molecular formula is C21H25FN4O2. The van der Waals surface area contributed by atoms with Gasteiger partial charge in [0.1, 0.15) is 11.5 Å². The lowest BCUT2D eigenvalue weighted by molar-refractivity contribution is 0.0519. The van der Waals surface area contributed by atoms with Crippen LogP contribution in [0.2, 0.25) is 0 Å². The smallest absolute Gasteiger partial charge is 0.356 e. The minimum Gasteiger partial charge on any atom is -0.461 e. The first-order valence-electron chi connectivity index (χ1n) is 9.67. The maximum Gasteiger partial charge on any atom is 0.356 e. The standard InChI is InChI=1S/C21H25FN4O2/c1-4-28-20(27)17-7-14-5-6-25(11-15(14)10-23-17)16-8-18(22)24-19(9-16)26-12-21(2,3)13-26/h7-10H,4-6,11-13H2,1-3H3. The summed E-state index contributed by atoms with van der Waals surface area (Å²) in [6.45, 7) is 9.63. The highest BCUT2D eigenvalue weighted by Gasteiger charge is 2.35. The number of fused-ring (bicyclic) bond motifs is 1. The molecule has 28 heavy (non-hydrogen) atoms. The Morgan fingerprint density at radius 1 is 1.21 bits per heavy atom. The second-order valence-electron chi connectivity index (χ2n) is 8.26. The molecule has 7 heteroatoms. The lowest BCUT2D eigenvalue weighted by Crippen LogP contribution is -2.53. The molecule has 0 bridgehead atoms. The molecule has 0 amide bonds. The van der Waals surface area contributed by atoms with Gasteiger partial charge in [-0.2, -0.15) is 4.39 Å². The number of carbonyl (C=O) groups is 1. The predicted molar refractivity (Wildman–Crippen MR) is 105 cm³/mol. The second kappa shape index (κ2) is 7.04. The third-order valence-corrected chi connectivity index (χ3v) is 5.27. The van der Waals surface area contributed by atoms with E-state index < -0.39 is 11.9 Å². The van der Waals surface area contributed by atoms with Gasteiger partial charge in [0.2, 0.25) is 5.95 Å². The molecule has 148 valence electrons. The Balaban J connectivity index is 1.53. The number of hydrogen-bond acceptors (Lipinski definition) is 6. The molecule has 0 radical (unpaired) electrons. The Morgan fingerprint density at radius 3 is 2.71 bits per heavy atom. The van der Waals surface area contributed by atoms with Gasteiger partial charge in [0, 0.05) is 50.2 Å². The van der Waals surface area contributed by atoms with Crippen molar-refractivity contribution >= 4 is 17.5 Å². The summed E-state index contributed by atoms with van der Waals surface area (Å²) in [5.74, 6) is -0.166. The van der Waals surface area contributed by atoms with Gasteiger partial charge in [-0.3, -0.25) is 0 Å². The number of aromatic nitrogens is 2. The van der Waals surface area contributed by atoms with E-state index in [0.29, 0.717) is 24.7 Å². The zero-order chi connectivity index (χ0) is 19.9. The number of esters is 1. The average Bonchev–Trinajstić information content (AvgIpc) is 2.65. The van der Waals surface area contributed by atoms with Crippen LogP contribution in [0.3, 0.4) is 0 Å². The topological polar surface area (TPSA) is 58.6 Å². The molecule has 1 fully saturated rings. The minimum absolute atomic E-state index is 0.251. The van der Waals surface area contributed by atoms with Gasteiger partial charge in [0.15, 0.2) is 0 Å². The third-order valence-electron chi connectivity index (χ3n) is 5.27. The summed E-state index contributed by atoms with van der Waals surface area (Å²) < 4.78 is 19.2. The first-order valence-corrected chi connectivity index (χ1v) is 9.67. The van der Waals surface area contributed by atoms with Crippen LogP contribution in [0.1, 0.15) is 42.4 Å². The van der Waals surface area contributed by atoms with Gasteiger partial charge in [-0.25, -0.2) is 14.8 Å². The zero-order valence-electron chi connectivity index (χ0n) is 16.5. The van der Waals surface area contributed by atoms with Gasteiger partial charge < -0.3 is 14.5 Å². The van der Waals surface area contributed by atoms with E-state index in [-0.39, 0.29) is 5.41 Å². The first kappa shape index (κ1) is 18.7. The minimum atomic E-state index is -0.459. The van der Waals surface area contributed by atoms with Crippen LogP contribution < -0.4 is 9.80 Å². The van der Waals surface area contributed by atoms with E-state index in [1.165, 1.54) is 6.07 Å². The highest BCUT2D eigenvalue weighted by molar-refractivity contribution is 5.87. The van der Waals surface area contributed by atoms with Crippen LogP contribution in [0.4, 0.5) is 15.9 Å². The van der Waals surface area contributed by atoms with Gasteiger partial charge in [-0.1, -0.05) is 13.8 Å². The van der Waals surface area contributed by atoms with Crippen LogP contribution >= 0.6 is 0 Å². The van der Waals surface area contributed by atoms with Gasteiger partial charge in [-0.05, 0) is 36.0 Å². The van der Waals surface area contributed by atoms with Crippen molar-refractivity contribution in [2.24, 2.45) is 5.41 Å². The van der Waals surface area contributed by atoms with Crippen LogP contribution in [0.25, 0.3) is 0 Å². The monoisotopic (exact) mass is 384 g/mol. The second-order valence-corrected chi connectivity index (χ2v) is 8.26. The molecule has 0 saturated carbocycles. The van der Waals surface area contributed by atoms with Crippen molar-refractivity contribution in [3.05, 3.63) is 47.2 Å². The summed E-state index contributed by atoms with van der Waals surface area (Å²) in [6, 6.07) is 5.26. The number of ether oxygens (including phenoxy) is 1. The number of halogens is 1. The lowest BCUT2D eigenvalue weighted by Gasteiger charge is -2.46. The van der Waals surface area contributed by atoms with Crippen molar-refractivity contribution in [2.45, 2.75) is 33.7 Å². The predicted octanol–water partition coefficient (Wildman–Crippen LogP) is 3.20. The van der Waals surface area contributed by atoms with Crippen molar-refractivity contribution < 1.29 is 13.9 Å². The van der Waals surface area contributed by atoms with Gasteiger partial charge in [0.05, 0.1) is 6.61 Å². The number of hydrogen-bond donors (Lipinski definition) is 0. The molecule has 2 aliphatic heterocycles. The van der Waals surface area contributed by atoms with Crippen molar-refractivity contribution in [3.63, 3.8) is 0 Å². The van der Waals surface area contributed by atoms with Crippen molar-refractivity contribution in [1.82, 2.24) is 9.97 Å². The van der Waals surface area contributed by atoms with Crippen LogP contribution in [0.5, 0.6) is 0 Å². The Kier molecular flexibility index (Phi) is 4.69. The molecule has 4 heterocycles. The number of carbonyl (C=O) groups excluding carboxylic acids is 1. The van der Waals surface area contributed by atoms with E-state index in [1.54, 1.807) is 13.1 Å². The van der Waals surface area contributed by atoms with Crippen LogP contribution in [-0.4, -0.2) is 42.2 Å². The summed E-state index contributed by atoms with van der Waals surface area (Å²) in [5.41, 5.74) is 3.55. The quantitative estimate of drug-likeness (QED) is 0.596.